The van der Waals surface area contributed by atoms with Crippen molar-refractivity contribution in [1.29, 1.82) is 0 Å². The van der Waals surface area contributed by atoms with Crippen LogP contribution in [0.5, 0.6) is 0 Å². The first-order valence-electron chi connectivity index (χ1n) is 20.2. The van der Waals surface area contributed by atoms with Gasteiger partial charge in [0.15, 0.2) is 0 Å². The van der Waals surface area contributed by atoms with E-state index < -0.39 is 5.41 Å². The minimum atomic E-state index is -0.687. The van der Waals surface area contributed by atoms with Crippen LogP contribution >= 0.6 is 0 Å². The monoisotopic (exact) mass is 735 g/mol. The molecule has 1 heteroatoms. The van der Waals surface area contributed by atoms with Crippen molar-refractivity contribution in [3.05, 3.63) is 247 Å². The predicted molar refractivity (Wildman–Crippen MR) is 243 cm³/mol. The number of para-hydroxylation sites is 1. The Balaban J connectivity index is 1.30. The molecule has 58 heavy (non-hydrogen) atoms. The summed E-state index contributed by atoms with van der Waals surface area (Å²) in [5.74, 6) is 0. The van der Waals surface area contributed by atoms with Gasteiger partial charge in [-0.3, -0.25) is 0 Å². The maximum absolute atomic E-state index is 2.58. The fourth-order valence-electron chi connectivity index (χ4n) is 10.2. The molecule has 0 N–H and O–H groups in total. The Morgan fingerprint density at radius 3 is 1.43 bits per heavy atom. The summed E-state index contributed by atoms with van der Waals surface area (Å²) in [6, 6.07) is 83.7. The lowest BCUT2D eigenvalue weighted by molar-refractivity contribution is 0.732. The third kappa shape index (κ3) is 4.65. The van der Waals surface area contributed by atoms with Crippen LogP contribution in [0, 0.1) is 0 Å². The Bertz CT molecular complexity index is 3180. The Morgan fingerprint density at radius 2 is 0.776 bits per heavy atom. The zero-order chi connectivity index (χ0) is 38.2. The molecule has 1 nitrogen and oxygen atoms in total. The van der Waals surface area contributed by atoms with Gasteiger partial charge in [0.1, 0.15) is 0 Å². The van der Waals surface area contributed by atoms with Crippen LogP contribution in [0.3, 0.4) is 0 Å². The molecule has 10 aromatic rings. The average Bonchev–Trinajstić information content (AvgIpc) is 3.42. The van der Waals surface area contributed by atoms with E-state index in [1.54, 1.807) is 0 Å². The highest BCUT2D eigenvalue weighted by Crippen LogP contribution is 2.63. The molecule has 0 aromatic heterocycles. The first kappa shape index (κ1) is 32.7. The van der Waals surface area contributed by atoms with Gasteiger partial charge in [-0.15, -0.1) is 0 Å². The number of anilines is 3. The molecule has 0 amide bonds. The van der Waals surface area contributed by atoms with Gasteiger partial charge in [-0.1, -0.05) is 194 Å². The molecule has 0 aliphatic carbocycles. The second-order valence-corrected chi connectivity index (χ2v) is 15.6. The Morgan fingerprint density at radius 1 is 0.293 bits per heavy atom. The molecule has 0 bridgehead atoms. The summed E-state index contributed by atoms with van der Waals surface area (Å²) in [7, 11) is 0. The first-order chi connectivity index (χ1) is 28.8. The molecule has 0 atom stereocenters. The average molecular weight is 736 g/mol. The van der Waals surface area contributed by atoms with Gasteiger partial charge in [0.2, 0.25) is 0 Å². The molecule has 0 saturated carbocycles. The molecule has 2 aliphatic rings. The first-order valence-corrected chi connectivity index (χ1v) is 20.2. The second kappa shape index (κ2) is 12.8. The molecule has 2 aliphatic heterocycles. The standard InChI is InChI=1S/C57H37N/c1-3-21-42(22-4-1)57(43-23-5-2-6-24-43)52-36-40(46-30-15-19-38-17-7-9-25-44(38)46)33-34-55(52)58-54-32-14-13-29-50(54)48-27-11-12-28-49(48)51-35-41(37-53(57)56(51)58)47-31-16-20-39-18-8-10-26-45(39)47/h1-37H. The molecule has 270 valence electrons. The fraction of sp³-hybridized carbons (Fsp3) is 0.0175. The van der Waals surface area contributed by atoms with Crippen molar-refractivity contribution in [2.24, 2.45) is 0 Å². The molecule has 0 fully saturated rings. The highest BCUT2D eigenvalue weighted by atomic mass is 15.2. The van der Waals surface area contributed by atoms with E-state index in [0.29, 0.717) is 0 Å². The molecule has 0 spiro atoms. The van der Waals surface area contributed by atoms with Crippen molar-refractivity contribution in [3.8, 4) is 44.5 Å². The van der Waals surface area contributed by atoms with Crippen molar-refractivity contribution in [1.82, 2.24) is 0 Å². The molecule has 10 aromatic carbocycles. The summed E-state index contributed by atoms with van der Waals surface area (Å²) >= 11 is 0. The third-order valence-corrected chi connectivity index (χ3v) is 12.6. The van der Waals surface area contributed by atoms with Gasteiger partial charge in [-0.05, 0) is 108 Å². The van der Waals surface area contributed by atoms with Crippen molar-refractivity contribution in [3.63, 3.8) is 0 Å². The number of rotatable bonds is 4. The van der Waals surface area contributed by atoms with E-state index in [4.69, 9.17) is 0 Å². The van der Waals surface area contributed by atoms with Crippen molar-refractivity contribution in [2.45, 2.75) is 5.41 Å². The third-order valence-electron chi connectivity index (χ3n) is 12.6. The maximum Gasteiger partial charge on any atom is 0.0743 e. The van der Waals surface area contributed by atoms with E-state index >= 15 is 0 Å². The Hall–Kier alpha value is -7.48. The van der Waals surface area contributed by atoms with Gasteiger partial charge in [0, 0.05) is 11.1 Å². The number of benzene rings is 10. The fourth-order valence-corrected chi connectivity index (χ4v) is 10.2. The van der Waals surface area contributed by atoms with Crippen LogP contribution in [-0.4, -0.2) is 0 Å². The van der Waals surface area contributed by atoms with Crippen LogP contribution in [0.15, 0.2) is 224 Å². The minimum Gasteiger partial charge on any atom is -0.309 e. The van der Waals surface area contributed by atoms with Crippen LogP contribution in [0.4, 0.5) is 17.1 Å². The SMILES string of the molecule is c1ccc(C2(c3ccccc3)c3cc(-c4cccc5ccccc45)ccc3N3c4ccccc4-c4ccccc4-c4cc(-c5cccc6ccccc56)cc2c43)cc1. The molecule has 2 heterocycles. The van der Waals surface area contributed by atoms with E-state index in [1.807, 2.05) is 0 Å². The van der Waals surface area contributed by atoms with E-state index in [0.717, 1.165) is 0 Å². The van der Waals surface area contributed by atoms with Crippen molar-refractivity contribution < 1.29 is 0 Å². The summed E-state index contributed by atoms with van der Waals surface area (Å²) < 4.78 is 0. The van der Waals surface area contributed by atoms with Crippen LogP contribution in [0.1, 0.15) is 22.3 Å². The largest absolute Gasteiger partial charge is 0.309 e. The summed E-state index contributed by atoms with van der Waals surface area (Å²) in [5, 5.41) is 4.98. The van der Waals surface area contributed by atoms with Crippen molar-refractivity contribution in [2.75, 3.05) is 4.90 Å². The lowest BCUT2D eigenvalue weighted by Crippen LogP contribution is -2.38. The van der Waals surface area contributed by atoms with E-state index in [-0.39, 0.29) is 0 Å². The van der Waals surface area contributed by atoms with Gasteiger partial charge in [-0.2, -0.15) is 0 Å². The van der Waals surface area contributed by atoms with E-state index in [1.165, 1.54) is 105 Å². The Kier molecular flexibility index (Phi) is 7.21. The molecule has 0 saturated heterocycles. The number of fused-ring (bicyclic) bond motifs is 9. The van der Waals surface area contributed by atoms with Gasteiger partial charge in [0.25, 0.3) is 0 Å². The second-order valence-electron chi connectivity index (χ2n) is 15.6. The molecule has 0 radical (unpaired) electrons. The van der Waals surface area contributed by atoms with Crippen LogP contribution in [-0.2, 0) is 5.41 Å². The summed E-state index contributed by atoms with van der Waals surface area (Å²) in [4.78, 5) is 2.58. The quantitative estimate of drug-likeness (QED) is 0.174. The topological polar surface area (TPSA) is 3.24 Å². The normalized spacial score (nSPS) is 13.3. The zero-order valence-electron chi connectivity index (χ0n) is 31.8. The van der Waals surface area contributed by atoms with E-state index in [9.17, 15) is 0 Å². The summed E-state index contributed by atoms with van der Waals surface area (Å²) in [5.41, 5.74) is 17.7. The highest BCUT2D eigenvalue weighted by molar-refractivity contribution is 6.09. The molecule has 0 unspecified atom stereocenters. The lowest BCUT2D eigenvalue weighted by atomic mass is 9.61. The van der Waals surface area contributed by atoms with Crippen molar-refractivity contribution >= 4 is 38.6 Å². The number of nitrogens with zero attached hydrogens (tertiary/aromatic N) is 1. The summed E-state index contributed by atoms with van der Waals surface area (Å²) in [6.45, 7) is 0. The molecular formula is C57H37N. The van der Waals surface area contributed by atoms with Crippen LogP contribution in [0.2, 0.25) is 0 Å². The Labute approximate surface area is 338 Å². The number of hydrogen-bond donors (Lipinski definition) is 0. The maximum atomic E-state index is 2.58. The highest BCUT2D eigenvalue weighted by Gasteiger charge is 2.49. The van der Waals surface area contributed by atoms with Gasteiger partial charge >= 0.3 is 0 Å². The zero-order valence-corrected chi connectivity index (χ0v) is 31.8. The van der Waals surface area contributed by atoms with E-state index in [2.05, 4.69) is 229 Å². The number of hydrogen-bond acceptors (Lipinski definition) is 1. The van der Waals surface area contributed by atoms with Gasteiger partial charge in [0.05, 0.1) is 22.5 Å². The smallest absolute Gasteiger partial charge is 0.0743 e. The van der Waals surface area contributed by atoms with Crippen LogP contribution < -0.4 is 4.90 Å². The lowest BCUT2D eigenvalue weighted by Gasteiger charge is -2.47. The van der Waals surface area contributed by atoms with Gasteiger partial charge in [-0.25, -0.2) is 0 Å². The van der Waals surface area contributed by atoms with Gasteiger partial charge < -0.3 is 4.90 Å². The molecule has 12 rings (SSSR count). The summed E-state index contributed by atoms with van der Waals surface area (Å²) in [6.07, 6.45) is 0. The minimum absolute atomic E-state index is 0.687. The molecular weight excluding hydrogens is 699 g/mol. The van der Waals surface area contributed by atoms with Crippen LogP contribution in [0.25, 0.3) is 66.1 Å². The predicted octanol–water partition coefficient (Wildman–Crippen LogP) is 15.1.